The Labute approximate surface area is 173 Å². The van der Waals surface area contributed by atoms with Crippen LogP contribution in [0.1, 0.15) is 6.92 Å². The van der Waals surface area contributed by atoms with Crippen molar-refractivity contribution < 1.29 is 23.5 Å². The fraction of sp³-hybridized carbons (Fsp3) is 0.130. The molecule has 30 heavy (non-hydrogen) atoms. The smallest absolute Gasteiger partial charge is 0.279 e. The van der Waals surface area contributed by atoms with Crippen molar-refractivity contribution in [3.63, 3.8) is 0 Å². The highest BCUT2D eigenvalue weighted by atomic mass is 19.1. The van der Waals surface area contributed by atoms with Crippen LogP contribution in [0.25, 0.3) is 11.1 Å². The van der Waals surface area contributed by atoms with Crippen LogP contribution in [0.2, 0.25) is 0 Å². The molecule has 0 radical (unpaired) electrons. The highest BCUT2D eigenvalue weighted by molar-refractivity contribution is 5.85. The van der Waals surface area contributed by atoms with E-state index in [2.05, 4.69) is 10.9 Å². The molecule has 0 aliphatic carbocycles. The second-order valence-electron chi connectivity index (χ2n) is 6.40. The second kappa shape index (κ2) is 10.1. The molecule has 0 aromatic heterocycles. The molecule has 0 aliphatic heterocycles. The zero-order valence-corrected chi connectivity index (χ0v) is 16.3. The molecule has 2 amide bonds. The Morgan fingerprint density at radius 3 is 2.30 bits per heavy atom. The Morgan fingerprint density at radius 2 is 1.57 bits per heavy atom. The van der Waals surface area contributed by atoms with Crippen LogP contribution in [0.4, 0.5) is 4.39 Å². The number of halogens is 1. The third kappa shape index (κ3) is 5.81. The molecule has 3 aromatic rings. The van der Waals surface area contributed by atoms with Gasteiger partial charge in [-0.05, 0) is 42.8 Å². The first-order valence-electron chi connectivity index (χ1n) is 9.31. The summed E-state index contributed by atoms with van der Waals surface area (Å²) in [5.41, 5.74) is 6.39. The zero-order chi connectivity index (χ0) is 21.3. The summed E-state index contributed by atoms with van der Waals surface area (Å²) in [6.45, 7) is 1.23. The van der Waals surface area contributed by atoms with E-state index in [1.165, 1.54) is 31.2 Å². The number of benzene rings is 3. The highest BCUT2D eigenvalue weighted by Crippen LogP contribution is 2.29. The van der Waals surface area contributed by atoms with Gasteiger partial charge >= 0.3 is 0 Å². The van der Waals surface area contributed by atoms with Gasteiger partial charge in [-0.1, -0.05) is 48.5 Å². The summed E-state index contributed by atoms with van der Waals surface area (Å²) >= 11 is 0. The van der Waals surface area contributed by atoms with E-state index in [1.54, 1.807) is 6.07 Å². The van der Waals surface area contributed by atoms with E-state index in [1.807, 2.05) is 48.5 Å². The van der Waals surface area contributed by atoms with E-state index in [9.17, 15) is 14.0 Å². The minimum Gasteiger partial charge on any atom is -0.483 e. The Bertz CT molecular complexity index is 994. The second-order valence-corrected chi connectivity index (χ2v) is 6.40. The van der Waals surface area contributed by atoms with Gasteiger partial charge < -0.3 is 9.47 Å². The summed E-state index contributed by atoms with van der Waals surface area (Å²) in [6, 6.07) is 22.3. The van der Waals surface area contributed by atoms with Gasteiger partial charge in [0, 0.05) is 5.56 Å². The van der Waals surface area contributed by atoms with Crippen LogP contribution in [0.15, 0.2) is 78.9 Å². The Kier molecular flexibility index (Phi) is 7.00. The van der Waals surface area contributed by atoms with Gasteiger partial charge in [0.15, 0.2) is 12.7 Å². The van der Waals surface area contributed by atoms with Crippen molar-refractivity contribution in [2.45, 2.75) is 13.0 Å². The SMILES string of the molecule is C[C@H](Oc1ccc(F)cc1)C(=O)NNC(=O)COc1ccccc1-c1ccccc1. The van der Waals surface area contributed by atoms with Crippen molar-refractivity contribution in [1.29, 1.82) is 0 Å². The monoisotopic (exact) mass is 408 g/mol. The lowest BCUT2D eigenvalue weighted by Gasteiger charge is -2.15. The van der Waals surface area contributed by atoms with Gasteiger partial charge in [-0.15, -0.1) is 0 Å². The van der Waals surface area contributed by atoms with Gasteiger partial charge in [-0.25, -0.2) is 4.39 Å². The summed E-state index contributed by atoms with van der Waals surface area (Å²) < 4.78 is 23.9. The van der Waals surface area contributed by atoms with Crippen molar-refractivity contribution in [3.05, 3.63) is 84.7 Å². The van der Waals surface area contributed by atoms with Gasteiger partial charge in [-0.2, -0.15) is 0 Å². The van der Waals surface area contributed by atoms with Crippen molar-refractivity contribution in [2.24, 2.45) is 0 Å². The molecule has 7 heteroatoms. The van der Waals surface area contributed by atoms with E-state index in [0.29, 0.717) is 11.5 Å². The number of carbonyl (C=O) groups excluding carboxylic acids is 2. The molecule has 0 bridgehead atoms. The van der Waals surface area contributed by atoms with E-state index in [0.717, 1.165) is 11.1 Å². The number of hydrogen-bond acceptors (Lipinski definition) is 4. The molecule has 2 N–H and O–H groups in total. The fourth-order valence-electron chi connectivity index (χ4n) is 2.63. The molecular weight excluding hydrogens is 387 g/mol. The summed E-state index contributed by atoms with van der Waals surface area (Å²) in [5.74, 6) is -0.595. The van der Waals surface area contributed by atoms with Crippen molar-refractivity contribution in [1.82, 2.24) is 10.9 Å². The number of amides is 2. The standard InChI is InChI=1S/C23H21FN2O4/c1-16(30-19-13-11-18(24)12-14-19)23(28)26-25-22(27)15-29-21-10-6-5-9-20(21)17-7-3-2-4-8-17/h2-14,16H,15H2,1H3,(H,25,27)(H,26,28)/t16-/m0/s1. The molecule has 0 saturated heterocycles. The fourth-order valence-corrected chi connectivity index (χ4v) is 2.63. The van der Waals surface area contributed by atoms with Crippen LogP contribution < -0.4 is 20.3 Å². The lowest BCUT2D eigenvalue weighted by Crippen LogP contribution is -2.48. The number of ether oxygens (including phenoxy) is 2. The quantitative estimate of drug-likeness (QED) is 0.587. The van der Waals surface area contributed by atoms with E-state index in [-0.39, 0.29) is 6.61 Å². The molecule has 0 fully saturated rings. The zero-order valence-electron chi connectivity index (χ0n) is 16.3. The number of rotatable bonds is 7. The Balaban J connectivity index is 1.48. The molecule has 0 spiro atoms. The van der Waals surface area contributed by atoms with Crippen molar-refractivity contribution in [3.8, 4) is 22.6 Å². The molecule has 154 valence electrons. The van der Waals surface area contributed by atoms with Crippen LogP contribution in [0.5, 0.6) is 11.5 Å². The van der Waals surface area contributed by atoms with Crippen LogP contribution in [0.3, 0.4) is 0 Å². The average molecular weight is 408 g/mol. The lowest BCUT2D eigenvalue weighted by molar-refractivity contribution is -0.133. The minimum atomic E-state index is -0.893. The molecule has 6 nitrogen and oxygen atoms in total. The summed E-state index contributed by atoms with van der Waals surface area (Å²) in [5, 5.41) is 0. The van der Waals surface area contributed by atoms with Crippen LogP contribution in [-0.2, 0) is 9.59 Å². The molecule has 0 heterocycles. The van der Waals surface area contributed by atoms with E-state index < -0.39 is 23.7 Å². The predicted octanol–water partition coefficient (Wildman–Crippen LogP) is 3.49. The van der Waals surface area contributed by atoms with Crippen LogP contribution in [-0.4, -0.2) is 24.5 Å². The van der Waals surface area contributed by atoms with E-state index >= 15 is 0 Å². The highest BCUT2D eigenvalue weighted by Gasteiger charge is 2.16. The topological polar surface area (TPSA) is 76.7 Å². The predicted molar refractivity (Wildman–Crippen MR) is 110 cm³/mol. The number of hydrazine groups is 1. The first-order valence-corrected chi connectivity index (χ1v) is 9.31. The molecular formula is C23H21FN2O4. The third-order valence-electron chi connectivity index (χ3n) is 4.15. The lowest BCUT2D eigenvalue weighted by atomic mass is 10.1. The molecule has 0 saturated carbocycles. The Morgan fingerprint density at radius 1 is 0.900 bits per heavy atom. The first kappa shape index (κ1) is 20.9. The van der Waals surface area contributed by atoms with E-state index in [4.69, 9.17) is 9.47 Å². The van der Waals surface area contributed by atoms with Gasteiger partial charge in [0.05, 0.1) is 0 Å². The summed E-state index contributed by atoms with van der Waals surface area (Å²) in [7, 11) is 0. The number of nitrogens with one attached hydrogen (secondary N) is 2. The number of hydrogen-bond donors (Lipinski definition) is 2. The van der Waals surface area contributed by atoms with Gasteiger partial charge in [0.2, 0.25) is 0 Å². The summed E-state index contributed by atoms with van der Waals surface area (Å²) in [6.07, 6.45) is -0.893. The van der Waals surface area contributed by atoms with Gasteiger partial charge in [0.1, 0.15) is 17.3 Å². The molecule has 0 aliphatic rings. The van der Waals surface area contributed by atoms with Gasteiger partial charge in [-0.3, -0.25) is 20.4 Å². The third-order valence-corrected chi connectivity index (χ3v) is 4.15. The average Bonchev–Trinajstić information content (AvgIpc) is 2.78. The number of para-hydroxylation sites is 1. The maximum Gasteiger partial charge on any atom is 0.279 e. The minimum absolute atomic E-state index is 0.280. The van der Waals surface area contributed by atoms with Crippen LogP contribution in [0, 0.1) is 5.82 Å². The number of carbonyl (C=O) groups is 2. The van der Waals surface area contributed by atoms with Crippen molar-refractivity contribution in [2.75, 3.05) is 6.61 Å². The van der Waals surface area contributed by atoms with Crippen LogP contribution >= 0.6 is 0 Å². The molecule has 0 unspecified atom stereocenters. The molecule has 3 rings (SSSR count). The normalized spacial score (nSPS) is 11.3. The largest absolute Gasteiger partial charge is 0.483 e. The van der Waals surface area contributed by atoms with Gasteiger partial charge in [0.25, 0.3) is 11.8 Å². The Hall–Kier alpha value is -3.87. The summed E-state index contributed by atoms with van der Waals surface area (Å²) in [4.78, 5) is 24.1. The molecule has 1 atom stereocenters. The van der Waals surface area contributed by atoms with Crippen molar-refractivity contribution >= 4 is 11.8 Å². The maximum atomic E-state index is 12.9. The first-order chi connectivity index (χ1) is 14.5. The molecule has 3 aromatic carbocycles. The maximum absolute atomic E-state index is 12.9.